The quantitative estimate of drug-likeness (QED) is 0.354. The van der Waals surface area contributed by atoms with Crippen molar-refractivity contribution in [1.29, 1.82) is 0 Å². The number of hydrogen-bond donors (Lipinski definition) is 0. The average molecular weight is 402 g/mol. The number of fused-ring (bicyclic) bond motifs is 1. The molecule has 1 unspecified atom stereocenters. The number of halogens is 1. The van der Waals surface area contributed by atoms with Gasteiger partial charge in [-0.15, -0.1) is 0 Å². The largest absolute Gasteiger partial charge is 0.454 e. The Labute approximate surface area is 174 Å². The molecular weight excluding hydrogens is 382 g/mol. The van der Waals surface area contributed by atoms with Crippen LogP contribution in [0, 0.1) is 6.92 Å². The van der Waals surface area contributed by atoms with Crippen LogP contribution in [0.5, 0.6) is 0 Å². The van der Waals surface area contributed by atoms with Gasteiger partial charge >= 0.3 is 5.97 Å². The fourth-order valence-electron chi connectivity index (χ4n) is 3.52. The molecular formula is C25H20ClNO2. The number of aromatic nitrogens is 1. The van der Waals surface area contributed by atoms with Crippen molar-refractivity contribution in [3.63, 3.8) is 0 Å². The van der Waals surface area contributed by atoms with Gasteiger partial charge < -0.3 is 4.74 Å². The lowest BCUT2D eigenvalue weighted by Gasteiger charge is -2.18. The summed E-state index contributed by atoms with van der Waals surface area (Å²) in [6.45, 7) is 3.71. The molecule has 4 aromatic rings. The van der Waals surface area contributed by atoms with E-state index in [4.69, 9.17) is 16.3 Å². The van der Waals surface area contributed by atoms with E-state index in [-0.39, 0.29) is 6.10 Å². The van der Waals surface area contributed by atoms with Crippen molar-refractivity contribution >= 4 is 28.5 Å². The van der Waals surface area contributed by atoms with Gasteiger partial charge in [0.05, 0.1) is 16.8 Å². The Morgan fingerprint density at radius 2 is 1.62 bits per heavy atom. The fourth-order valence-corrected chi connectivity index (χ4v) is 3.70. The molecule has 0 fully saturated rings. The molecule has 0 amide bonds. The Bertz CT molecular complexity index is 1170. The summed E-state index contributed by atoms with van der Waals surface area (Å²) < 4.78 is 5.83. The van der Waals surface area contributed by atoms with Crippen LogP contribution < -0.4 is 0 Å². The molecule has 0 aliphatic carbocycles. The van der Waals surface area contributed by atoms with Crippen LogP contribution in [-0.2, 0) is 4.74 Å². The molecule has 0 N–H and O–H groups in total. The number of nitrogens with zero attached hydrogens (tertiary/aromatic N) is 1. The van der Waals surface area contributed by atoms with Crippen molar-refractivity contribution < 1.29 is 9.53 Å². The summed E-state index contributed by atoms with van der Waals surface area (Å²) in [4.78, 5) is 17.9. The van der Waals surface area contributed by atoms with Gasteiger partial charge in [-0.25, -0.2) is 4.79 Å². The van der Waals surface area contributed by atoms with Crippen LogP contribution in [0.2, 0.25) is 5.02 Å². The van der Waals surface area contributed by atoms with Crippen LogP contribution in [-0.4, -0.2) is 11.0 Å². The minimum atomic E-state index is -0.396. The third-order valence-electron chi connectivity index (χ3n) is 4.95. The maximum Gasteiger partial charge on any atom is 0.341 e. The third-order valence-corrected chi connectivity index (χ3v) is 5.18. The first-order chi connectivity index (χ1) is 14.0. The molecule has 0 bridgehead atoms. The number of hydrogen-bond acceptors (Lipinski definition) is 3. The normalized spacial score (nSPS) is 12.0. The summed E-state index contributed by atoms with van der Waals surface area (Å²) in [5, 5.41) is 1.42. The number of rotatable bonds is 4. The Kier molecular flexibility index (Phi) is 5.32. The fraction of sp³-hybridized carbons (Fsp3) is 0.120. The van der Waals surface area contributed by atoms with Crippen LogP contribution in [0.25, 0.3) is 22.0 Å². The minimum Gasteiger partial charge on any atom is -0.454 e. The first-order valence-corrected chi connectivity index (χ1v) is 9.83. The van der Waals surface area contributed by atoms with Gasteiger partial charge in [-0.3, -0.25) is 4.98 Å². The number of benzene rings is 3. The average Bonchev–Trinajstić information content (AvgIpc) is 2.74. The molecule has 144 valence electrons. The number of ether oxygens (including phenoxy) is 1. The van der Waals surface area contributed by atoms with Crippen molar-refractivity contribution in [2.24, 2.45) is 0 Å². The van der Waals surface area contributed by atoms with Gasteiger partial charge in [0.15, 0.2) is 0 Å². The highest BCUT2D eigenvalue weighted by Crippen LogP contribution is 2.35. The number of carbonyl (C=O) groups is 1. The van der Waals surface area contributed by atoms with Crippen LogP contribution in [0.3, 0.4) is 0 Å². The Balaban J connectivity index is 1.87. The summed E-state index contributed by atoms with van der Waals surface area (Å²) in [6, 6.07) is 25.0. The van der Waals surface area contributed by atoms with E-state index in [9.17, 15) is 4.79 Å². The van der Waals surface area contributed by atoms with Gasteiger partial charge in [0.2, 0.25) is 0 Å². The van der Waals surface area contributed by atoms with Crippen molar-refractivity contribution in [3.05, 3.63) is 101 Å². The van der Waals surface area contributed by atoms with E-state index in [0.717, 1.165) is 27.6 Å². The summed E-state index contributed by atoms with van der Waals surface area (Å²) >= 11 is 6.27. The monoisotopic (exact) mass is 401 g/mol. The van der Waals surface area contributed by atoms with Crippen molar-refractivity contribution in [2.75, 3.05) is 0 Å². The van der Waals surface area contributed by atoms with Crippen LogP contribution >= 0.6 is 11.6 Å². The van der Waals surface area contributed by atoms with Gasteiger partial charge in [-0.1, -0.05) is 72.3 Å². The maximum atomic E-state index is 13.3. The van der Waals surface area contributed by atoms with E-state index in [0.29, 0.717) is 16.3 Å². The predicted molar refractivity (Wildman–Crippen MR) is 117 cm³/mol. The third kappa shape index (κ3) is 3.87. The van der Waals surface area contributed by atoms with Gasteiger partial charge in [0, 0.05) is 16.0 Å². The number of pyridine rings is 1. The zero-order chi connectivity index (χ0) is 20.4. The van der Waals surface area contributed by atoms with Gasteiger partial charge in [0.25, 0.3) is 0 Å². The van der Waals surface area contributed by atoms with Gasteiger partial charge in [0.1, 0.15) is 6.10 Å². The number of carbonyl (C=O) groups excluding carboxylic acids is 1. The SMILES string of the molecule is Cc1nc2ccc(Cl)cc2c(-c2ccccc2)c1C(=O)OC(C)c1ccccc1. The van der Waals surface area contributed by atoms with Crippen LogP contribution in [0.1, 0.15) is 34.6 Å². The van der Waals surface area contributed by atoms with E-state index < -0.39 is 5.97 Å². The maximum absolute atomic E-state index is 13.3. The highest BCUT2D eigenvalue weighted by Gasteiger charge is 2.23. The summed E-state index contributed by atoms with van der Waals surface area (Å²) in [5.41, 5.74) is 4.54. The van der Waals surface area contributed by atoms with E-state index >= 15 is 0 Å². The molecule has 29 heavy (non-hydrogen) atoms. The number of esters is 1. The minimum absolute atomic E-state index is 0.373. The zero-order valence-corrected chi connectivity index (χ0v) is 17.0. The molecule has 1 aromatic heterocycles. The molecule has 3 aromatic carbocycles. The second-order valence-corrected chi connectivity index (χ2v) is 7.37. The lowest BCUT2D eigenvalue weighted by Crippen LogP contribution is -2.13. The van der Waals surface area contributed by atoms with Crippen molar-refractivity contribution in [3.8, 4) is 11.1 Å². The summed E-state index contributed by atoms with van der Waals surface area (Å²) in [6.07, 6.45) is -0.373. The molecule has 0 aliphatic heterocycles. The topological polar surface area (TPSA) is 39.2 Å². The molecule has 0 saturated carbocycles. The second-order valence-electron chi connectivity index (χ2n) is 6.93. The van der Waals surface area contributed by atoms with Gasteiger partial charge in [-0.05, 0) is 43.2 Å². The molecule has 0 aliphatic rings. The lowest BCUT2D eigenvalue weighted by molar-refractivity contribution is 0.0337. The van der Waals surface area contributed by atoms with Crippen molar-refractivity contribution in [2.45, 2.75) is 20.0 Å². The van der Waals surface area contributed by atoms with E-state index in [1.807, 2.05) is 86.6 Å². The Morgan fingerprint density at radius 3 is 2.31 bits per heavy atom. The molecule has 0 radical (unpaired) electrons. The highest BCUT2D eigenvalue weighted by atomic mass is 35.5. The van der Waals surface area contributed by atoms with Crippen LogP contribution in [0.15, 0.2) is 78.9 Å². The lowest BCUT2D eigenvalue weighted by atomic mass is 9.94. The smallest absolute Gasteiger partial charge is 0.341 e. The molecule has 4 rings (SSSR count). The van der Waals surface area contributed by atoms with E-state index in [1.54, 1.807) is 6.07 Å². The molecule has 3 nitrogen and oxygen atoms in total. The zero-order valence-electron chi connectivity index (χ0n) is 16.2. The predicted octanol–water partition coefficient (Wildman–Crippen LogP) is 6.78. The molecule has 1 atom stereocenters. The van der Waals surface area contributed by atoms with E-state index in [2.05, 4.69) is 4.98 Å². The van der Waals surface area contributed by atoms with Crippen molar-refractivity contribution in [1.82, 2.24) is 4.98 Å². The Hall–Kier alpha value is -3.17. The van der Waals surface area contributed by atoms with Crippen LogP contribution in [0.4, 0.5) is 0 Å². The Morgan fingerprint density at radius 1 is 0.966 bits per heavy atom. The summed E-state index contributed by atoms with van der Waals surface area (Å²) in [7, 11) is 0. The van der Waals surface area contributed by atoms with E-state index in [1.165, 1.54) is 0 Å². The molecule has 0 saturated heterocycles. The second kappa shape index (κ2) is 8.06. The first kappa shape index (κ1) is 19.2. The molecule has 0 spiro atoms. The highest BCUT2D eigenvalue weighted by molar-refractivity contribution is 6.31. The summed E-state index contributed by atoms with van der Waals surface area (Å²) in [5.74, 6) is -0.396. The molecule has 4 heteroatoms. The standard InChI is InChI=1S/C25H20ClNO2/c1-16-23(25(28)29-17(2)18-9-5-3-6-10-18)24(19-11-7-4-8-12-19)21-15-20(26)13-14-22(21)27-16/h3-15,17H,1-2H3. The first-order valence-electron chi connectivity index (χ1n) is 9.46. The molecule has 1 heterocycles. The number of aryl methyl sites for hydroxylation is 1. The van der Waals surface area contributed by atoms with Gasteiger partial charge in [-0.2, -0.15) is 0 Å².